The van der Waals surface area contributed by atoms with Gasteiger partial charge in [0.05, 0.1) is 6.04 Å². The molecule has 0 radical (unpaired) electrons. The Morgan fingerprint density at radius 3 is 2.62 bits per heavy atom. The fourth-order valence-electron chi connectivity index (χ4n) is 2.33. The van der Waals surface area contributed by atoms with Crippen LogP contribution in [0.15, 0.2) is 12.2 Å². The van der Waals surface area contributed by atoms with Gasteiger partial charge in [-0.3, -0.25) is 9.69 Å². The monoisotopic (exact) mass is 223 g/mol. The van der Waals surface area contributed by atoms with Crippen molar-refractivity contribution in [3.63, 3.8) is 0 Å². The van der Waals surface area contributed by atoms with Gasteiger partial charge in [-0.2, -0.15) is 0 Å². The van der Waals surface area contributed by atoms with Crippen LogP contribution in [0.1, 0.15) is 13.3 Å². The molecule has 2 aliphatic rings. The van der Waals surface area contributed by atoms with Gasteiger partial charge >= 0.3 is 0 Å². The van der Waals surface area contributed by atoms with Crippen molar-refractivity contribution in [2.75, 3.05) is 39.3 Å². The van der Waals surface area contributed by atoms with E-state index in [1.807, 2.05) is 11.8 Å². The van der Waals surface area contributed by atoms with Crippen LogP contribution < -0.4 is 5.32 Å². The third-order valence-electron chi connectivity index (χ3n) is 3.43. The van der Waals surface area contributed by atoms with Crippen molar-refractivity contribution in [2.24, 2.45) is 0 Å². The van der Waals surface area contributed by atoms with E-state index in [1.165, 1.54) is 0 Å². The summed E-state index contributed by atoms with van der Waals surface area (Å²) in [7, 11) is 0. The first-order valence-corrected chi connectivity index (χ1v) is 6.17. The van der Waals surface area contributed by atoms with Crippen LogP contribution in [-0.4, -0.2) is 61.0 Å². The van der Waals surface area contributed by atoms with E-state index >= 15 is 0 Å². The molecule has 1 unspecified atom stereocenters. The first kappa shape index (κ1) is 11.6. The molecule has 16 heavy (non-hydrogen) atoms. The van der Waals surface area contributed by atoms with Gasteiger partial charge in [-0.05, 0) is 13.3 Å². The number of hydrogen-bond acceptors (Lipinski definition) is 3. The maximum absolute atomic E-state index is 12.2. The Morgan fingerprint density at radius 2 is 2.00 bits per heavy atom. The first-order valence-electron chi connectivity index (χ1n) is 6.17. The topological polar surface area (TPSA) is 35.6 Å². The van der Waals surface area contributed by atoms with E-state index in [1.54, 1.807) is 0 Å². The van der Waals surface area contributed by atoms with Crippen LogP contribution in [0.5, 0.6) is 0 Å². The fraction of sp³-hybridized carbons (Fsp3) is 0.750. The summed E-state index contributed by atoms with van der Waals surface area (Å²) in [5.41, 5.74) is 0. The molecule has 4 heteroatoms. The molecule has 1 saturated heterocycles. The number of nitrogens with zero attached hydrogens (tertiary/aromatic N) is 2. The maximum Gasteiger partial charge on any atom is 0.239 e. The second kappa shape index (κ2) is 5.46. The highest BCUT2D eigenvalue weighted by atomic mass is 16.2. The lowest BCUT2D eigenvalue weighted by molar-refractivity contribution is -0.136. The van der Waals surface area contributed by atoms with Crippen LogP contribution in [0.2, 0.25) is 0 Å². The van der Waals surface area contributed by atoms with Crippen LogP contribution in [-0.2, 0) is 4.79 Å². The molecule has 0 aliphatic carbocycles. The molecule has 0 aromatic heterocycles. The van der Waals surface area contributed by atoms with Gasteiger partial charge in [0, 0.05) is 39.3 Å². The summed E-state index contributed by atoms with van der Waals surface area (Å²) >= 11 is 0. The molecule has 90 valence electrons. The Labute approximate surface area is 97.3 Å². The van der Waals surface area contributed by atoms with Gasteiger partial charge in [0.15, 0.2) is 0 Å². The number of carbonyl (C=O) groups is 1. The minimum atomic E-state index is 0.0357. The minimum absolute atomic E-state index is 0.0357. The van der Waals surface area contributed by atoms with Gasteiger partial charge in [0.25, 0.3) is 0 Å². The number of amides is 1. The molecule has 1 fully saturated rings. The number of carbonyl (C=O) groups excluding carboxylic acids is 1. The zero-order valence-electron chi connectivity index (χ0n) is 9.98. The van der Waals surface area contributed by atoms with E-state index in [4.69, 9.17) is 0 Å². The van der Waals surface area contributed by atoms with E-state index in [9.17, 15) is 4.79 Å². The fourth-order valence-corrected chi connectivity index (χ4v) is 2.33. The van der Waals surface area contributed by atoms with Crippen molar-refractivity contribution in [1.29, 1.82) is 0 Å². The Kier molecular flexibility index (Phi) is 3.96. The van der Waals surface area contributed by atoms with E-state index in [0.29, 0.717) is 0 Å². The van der Waals surface area contributed by atoms with E-state index in [-0.39, 0.29) is 11.9 Å². The molecule has 1 N–H and O–H groups in total. The largest absolute Gasteiger partial charge is 0.337 e. The highest BCUT2D eigenvalue weighted by molar-refractivity contribution is 5.81. The maximum atomic E-state index is 12.2. The summed E-state index contributed by atoms with van der Waals surface area (Å²) in [6, 6.07) is 0.0357. The van der Waals surface area contributed by atoms with Crippen LogP contribution in [0.25, 0.3) is 0 Å². The molecule has 0 spiro atoms. The predicted molar refractivity (Wildman–Crippen MR) is 64.2 cm³/mol. The minimum Gasteiger partial charge on any atom is -0.337 e. The number of nitrogens with one attached hydrogen (secondary N) is 1. The van der Waals surface area contributed by atoms with Gasteiger partial charge in [-0.15, -0.1) is 0 Å². The zero-order valence-corrected chi connectivity index (χ0v) is 9.98. The highest BCUT2D eigenvalue weighted by Crippen LogP contribution is 2.08. The van der Waals surface area contributed by atoms with Crippen molar-refractivity contribution < 1.29 is 4.79 Å². The standard InChI is InChI=1S/C12H21N3O/c1-11(14-9-5-13-6-10-14)12(16)15-7-3-2-4-8-15/h2-3,11,13H,4-10H2,1H3. The second-order valence-electron chi connectivity index (χ2n) is 4.51. The van der Waals surface area contributed by atoms with Crippen molar-refractivity contribution >= 4 is 5.91 Å². The lowest BCUT2D eigenvalue weighted by atomic mass is 10.1. The quantitative estimate of drug-likeness (QED) is 0.673. The predicted octanol–water partition coefficient (Wildman–Crippen LogP) is 0.0686. The Hall–Kier alpha value is -0.870. The third kappa shape index (κ3) is 2.62. The molecule has 1 atom stereocenters. The lowest BCUT2D eigenvalue weighted by Crippen LogP contribution is -2.53. The average Bonchev–Trinajstić information content (AvgIpc) is 2.39. The summed E-state index contributed by atoms with van der Waals surface area (Å²) in [5, 5.41) is 3.31. The van der Waals surface area contributed by atoms with Gasteiger partial charge in [0.2, 0.25) is 5.91 Å². The molecule has 0 bridgehead atoms. The van der Waals surface area contributed by atoms with Gasteiger partial charge < -0.3 is 10.2 Å². The molecule has 2 rings (SSSR count). The van der Waals surface area contributed by atoms with Crippen molar-refractivity contribution in [3.05, 3.63) is 12.2 Å². The first-order chi connectivity index (χ1) is 7.79. The Bertz CT molecular complexity index is 271. The van der Waals surface area contributed by atoms with Crippen molar-refractivity contribution in [2.45, 2.75) is 19.4 Å². The Morgan fingerprint density at radius 1 is 1.25 bits per heavy atom. The van der Waals surface area contributed by atoms with Crippen LogP contribution in [0, 0.1) is 0 Å². The molecule has 0 aromatic carbocycles. The smallest absolute Gasteiger partial charge is 0.239 e. The number of piperazine rings is 1. The van der Waals surface area contributed by atoms with Crippen LogP contribution in [0.3, 0.4) is 0 Å². The normalized spacial score (nSPS) is 24.4. The summed E-state index contributed by atoms with van der Waals surface area (Å²) in [5.74, 6) is 0.284. The van der Waals surface area contributed by atoms with Gasteiger partial charge in [0.1, 0.15) is 0 Å². The average molecular weight is 223 g/mol. The van der Waals surface area contributed by atoms with E-state index in [2.05, 4.69) is 22.4 Å². The second-order valence-corrected chi connectivity index (χ2v) is 4.51. The zero-order chi connectivity index (χ0) is 11.4. The number of hydrogen-bond donors (Lipinski definition) is 1. The SMILES string of the molecule is CC(C(=O)N1CC=CCC1)N1CCNCC1. The summed E-state index contributed by atoms with van der Waals surface area (Å²) in [6.07, 6.45) is 5.24. The van der Waals surface area contributed by atoms with Crippen molar-refractivity contribution in [3.8, 4) is 0 Å². The lowest BCUT2D eigenvalue weighted by Gasteiger charge is -2.35. The third-order valence-corrected chi connectivity index (χ3v) is 3.43. The van der Waals surface area contributed by atoms with Crippen molar-refractivity contribution in [1.82, 2.24) is 15.1 Å². The molecular formula is C12H21N3O. The summed E-state index contributed by atoms with van der Waals surface area (Å²) in [4.78, 5) is 16.5. The molecule has 4 nitrogen and oxygen atoms in total. The number of rotatable bonds is 2. The highest BCUT2D eigenvalue weighted by Gasteiger charge is 2.26. The van der Waals surface area contributed by atoms with Gasteiger partial charge in [-0.25, -0.2) is 0 Å². The van der Waals surface area contributed by atoms with Gasteiger partial charge in [-0.1, -0.05) is 12.2 Å². The molecular weight excluding hydrogens is 202 g/mol. The van der Waals surface area contributed by atoms with E-state index < -0.39 is 0 Å². The molecule has 0 aromatic rings. The summed E-state index contributed by atoms with van der Waals surface area (Å²) < 4.78 is 0. The molecule has 2 heterocycles. The van der Waals surface area contributed by atoms with Crippen LogP contribution >= 0.6 is 0 Å². The Balaban J connectivity index is 1.89. The molecule has 1 amide bonds. The summed E-state index contributed by atoms with van der Waals surface area (Å²) in [6.45, 7) is 7.66. The molecule has 0 saturated carbocycles. The van der Waals surface area contributed by atoms with Crippen LogP contribution in [0.4, 0.5) is 0 Å². The van der Waals surface area contributed by atoms with E-state index in [0.717, 1.165) is 45.7 Å². The molecule has 2 aliphatic heterocycles.